The third-order valence-electron chi connectivity index (χ3n) is 2.44. The highest BCUT2D eigenvalue weighted by Crippen LogP contribution is 2.32. The Hall–Kier alpha value is -1.36. The summed E-state index contributed by atoms with van der Waals surface area (Å²) in [6.07, 6.45) is 3.49. The van der Waals surface area contributed by atoms with Crippen LogP contribution in [0, 0.1) is 16.0 Å². The molecular weight excluding hydrogens is 232 g/mol. The average molecular weight is 243 g/mol. The van der Waals surface area contributed by atoms with E-state index >= 15 is 0 Å². The molecule has 1 aliphatic carbocycles. The summed E-state index contributed by atoms with van der Waals surface area (Å²) in [4.78, 5) is 13.9. The van der Waals surface area contributed by atoms with E-state index in [1.165, 1.54) is 25.0 Å². The molecule has 0 bridgehead atoms. The van der Waals surface area contributed by atoms with Crippen LogP contribution in [0.5, 0.6) is 5.88 Å². The Labute approximate surface area is 97.5 Å². The van der Waals surface area contributed by atoms with Crippen LogP contribution in [0.2, 0.25) is 5.15 Å². The Morgan fingerprint density at radius 2 is 2.31 bits per heavy atom. The fraction of sp³-hybridized carbons (Fsp3) is 0.500. The van der Waals surface area contributed by atoms with Crippen LogP contribution in [0.25, 0.3) is 0 Å². The monoisotopic (exact) mass is 242 g/mol. The van der Waals surface area contributed by atoms with Gasteiger partial charge in [0.15, 0.2) is 0 Å². The van der Waals surface area contributed by atoms with Crippen molar-refractivity contribution in [3.05, 3.63) is 27.4 Å². The maximum Gasteiger partial charge on any atom is 0.277 e. The molecule has 0 N–H and O–H groups in total. The van der Waals surface area contributed by atoms with Crippen molar-refractivity contribution in [2.24, 2.45) is 5.92 Å². The number of ether oxygens (including phenoxy) is 1. The third-order valence-corrected chi connectivity index (χ3v) is 2.63. The summed E-state index contributed by atoms with van der Waals surface area (Å²) in [5, 5.41) is 10.6. The minimum absolute atomic E-state index is 0.0793. The van der Waals surface area contributed by atoms with Crippen LogP contribution in [0.1, 0.15) is 19.3 Å². The molecule has 0 saturated heterocycles. The molecule has 0 aromatic carbocycles. The second-order valence-electron chi connectivity index (χ2n) is 3.82. The maximum absolute atomic E-state index is 10.6. The Balaban J connectivity index is 1.98. The molecule has 6 heteroatoms. The highest BCUT2D eigenvalue weighted by Gasteiger charge is 2.21. The number of hydrogen-bond donors (Lipinski definition) is 0. The average Bonchev–Trinajstić information content (AvgIpc) is 3.01. The molecule has 5 nitrogen and oxygen atoms in total. The van der Waals surface area contributed by atoms with Gasteiger partial charge in [-0.1, -0.05) is 24.4 Å². The molecule has 1 aliphatic rings. The number of nitro groups is 1. The van der Waals surface area contributed by atoms with Crippen molar-refractivity contribution in [2.75, 3.05) is 6.61 Å². The Morgan fingerprint density at radius 3 is 2.94 bits per heavy atom. The zero-order valence-electron chi connectivity index (χ0n) is 8.56. The van der Waals surface area contributed by atoms with Crippen LogP contribution in [0.4, 0.5) is 5.69 Å². The summed E-state index contributed by atoms with van der Waals surface area (Å²) in [6.45, 7) is 0.537. The third kappa shape index (κ3) is 3.06. The van der Waals surface area contributed by atoms with E-state index in [0.29, 0.717) is 6.61 Å². The second-order valence-corrected chi connectivity index (χ2v) is 4.21. The first-order valence-electron chi connectivity index (χ1n) is 5.10. The van der Waals surface area contributed by atoms with Gasteiger partial charge in [-0.3, -0.25) is 10.1 Å². The molecule has 0 spiro atoms. The van der Waals surface area contributed by atoms with Crippen molar-refractivity contribution in [2.45, 2.75) is 19.3 Å². The van der Waals surface area contributed by atoms with Crippen LogP contribution in [-0.4, -0.2) is 16.5 Å². The lowest BCUT2D eigenvalue weighted by molar-refractivity contribution is -0.385. The van der Waals surface area contributed by atoms with Gasteiger partial charge in [-0.2, -0.15) is 0 Å². The Bertz CT molecular complexity index is 407. The van der Waals surface area contributed by atoms with E-state index in [1.807, 2.05) is 0 Å². The summed E-state index contributed by atoms with van der Waals surface area (Å²) in [7, 11) is 0. The number of rotatable bonds is 5. The van der Waals surface area contributed by atoms with Crippen LogP contribution >= 0.6 is 11.6 Å². The smallest absolute Gasteiger partial charge is 0.277 e. The van der Waals surface area contributed by atoms with E-state index in [1.54, 1.807) is 0 Å². The molecule has 0 aliphatic heterocycles. The van der Waals surface area contributed by atoms with Gasteiger partial charge in [0, 0.05) is 0 Å². The van der Waals surface area contributed by atoms with Gasteiger partial charge >= 0.3 is 0 Å². The SMILES string of the molecule is O=[N+]([O-])c1cc(Cl)nc(OCCC2CC2)c1. The Morgan fingerprint density at radius 1 is 1.56 bits per heavy atom. The number of nitrogens with zero attached hydrogens (tertiary/aromatic N) is 2. The lowest BCUT2D eigenvalue weighted by Crippen LogP contribution is -2.01. The van der Waals surface area contributed by atoms with Gasteiger partial charge in [0.25, 0.3) is 5.69 Å². The molecule has 2 rings (SSSR count). The van der Waals surface area contributed by atoms with Crippen molar-refractivity contribution in [1.29, 1.82) is 0 Å². The molecule has 0 atom stereocenters. The zero-order chi connectivity index (χ0) is 11.5. The number of aromatic nitrogens is 1. The normalized spacial score (nSPS) is 14.8. The highest BCUT2D eigenvalue weighted by atomic mass is 35.5. The Kier molecular flexibility index (Phi) is 3.24. The van der Waals surface area contributed by atoms with E-state index in [9.17, 15) is 10.1 Å². The maximum atomic E-state index is 10.6. The minimum Gasteiger partial charge on any atom is -0.477 e. The first-order chi connectivity index (χ1) is 7.65. The van der Waals surface area contributed by atoms with Gasteiger partial charge in [-0.15, -0.1) is 0 Å². The second kappa shape index (κ2) is 4.65. The first kappa shape index (κ1) is 11.1. The van der Waals surface area contributed by atoms with Crippen LogP contribution < -0.4 is 4.74 Å². The fourth-order valence-electron chi connectivity index (χ4n) is 1.38. The molecule has 1 aromatic heterocycles. The van der Waals surface area contributed by atoms with Gasteiger partial charge in [-0.25, -0.2) is 4.98 Å². The summed E-state index contributed by atoms with van der Waals surface area (Å²) < 4.78 is 5.33. The molecule has 0 amide bonds. The van der Waals surface area contributed by atoms with Gasteiger partial charge in [0.05, 0.1) is 23.7 Å². The van der Waals surface area contributed by atoms with Crippen molar-refractivity contribution < 1.29 is 9.66 Å². The molecule has 16 heavy (non-hydrogen) atoms. The molecule has 0 unspecified atom stereocenters. The van der Waals surface area contributed by atoms with Gasteiger partial charge in [-0.05, 0) is 12.3 Å². The molecule has 0 radical (unpaired) electrons. The van der Waals surface area contributed by atoms with Crippen molar-refractivity contribution in [1.82, 2.24) is 4.98 Å². The van der Waals surface area contributed by atoms with E-state index in [0.717, 1.165) is 12.3 Å². The summed E-state index contributed by atoms with van der Waals surface area (Å²) in [5.74, 6) is 0.981. The predicted molar refractivity (Wildman–Crippen MR) is 58.7 cm³/mol. The van der Waals surface area contributed by atoms with E-state index in [4.69, 9.17) is 16.3 Å². The lowest BCUT2D eigenvalue weighted by atomic mass is 10.3. The zero-order valence-corrected chi connectivity index (χ0v) is 9.31. The molecule has 1 heterocycles. The first-order valence-corrected chi connectivity index (χ1v) is 5.48. The van der Waals surface area contributed by atoms with Gasteiger partial charge in [0.2, 0.25) is 5.88 Å². The summed E-state index contributed by atoms with van der Waals surface area (Å²) in [5.41, 5.74) is -0.0959. The van der Waals surface area contributed by atoms with Gasteiger partial charge < -0.3 is 4.74 Å². The van der Waals surface area contributed by atoms with Gasteiger partial charge in [0.1, 0.15) is 5.15 Å². The van der Waals surface area contributed by atoms with E-state index in [-0.39, 0.29) is 16.7 Å². The topological polar surface area (TPSA) is 65.3 Å². The molecular formula is C10H11ClN2O3. The van der Waals surface area contributed by atoms with Crippen molar-refractivity contribution in [3.8, 4) is 5.88 Å². The highest BCUT2D eigenvalue weighted by molar-refractivity contribution is 6.29. The number of pyridine rings is 1. The summed E-state index contributed by atoms with van der Waals surface area (Å²) >= 11 is 5.65. The summed E-state index contributed by atoms with van der Waals surface area (Å²) in [6, 6.07) is 2.49. The molecule has 1 saturated carbocycles. The molecule has 86 valence electrons. The van der Waals surface area contributed by atoms with Crippen molar-refractivity contribution >= 4 is 17.3 Å². The molecule has 1 aromatic rings. The van der Waals surface area contributed by atoms with Crippen LogP contribution in [0.15, 0.2) is 12.1 Å². The largest absolute Gasteiger partial charge is 0.477 e. The standard InChI is InChI=1S/C10H11ClN2O3/c11-9-5-8(13(14)15)6-10(12-9)16-4-3-7-1-2-7/h5-7H,1-4H2. The van der Waals surface area contributed by atoms with Crippen LogP contribution in [0.3, 0.4) is 0 Å². The van der Waals surface area contributed by atoms with E-state index in [2.05, 4.69) is 4.98 Å². The predicted octanol–water partition coefficient (Wildman–Crippen LogP) is 2.82. The number of halogens is 1. The molecule has 1 fully saturated rings. The lowest BCUT2D eigenvalue weighted by Gasteiger charge is -2.04. The number of hydrogen-bond acceptors (Lipinski definition) is 4. The minimum atomic E-state index is -0.513. The van der Waals surface area contributed by atoms with Crippen LogP contribution in [-0.2, 0) is 0 Å². The quantitative estimate of drug-likeness (QED) is 0.452. The van der Waals surface area contributed by atoms with E-state index < -0.39 is 4.92 Å². The van der Waals surface area contributed by atoms with Crippen molar-refractivity contribution in [3.63, 3.8) is 0 Å². The fourth-order valence-corrected chi connectivity index (χ4v) is 1.57.